The predicted molar refractivity (Wildman–Crippen MR) is 97.7 cm³/mol. The van der Waals surface area contributed by atoms with E-state index in [-0.39, 0.29) is 4.90 Å². The van der Waals surface area contributed by atoms with E-state index in [1.54, 1.807) is 24.4 Å². The average molecular weight is 356 g/mol. The second kappa shape index (κ2) is 5.89. The van der Waals surface area contributed by atoms with Gasteiger partial charge in [-0.15, -0.1) is 0 Å². The number of aryl methyl sites for hydroxylation is 1. The fourth-order valence-electron chi connectivity index (χ4n) is 3.49. The van der Waals surface area contributed by atoms with Gasteiger partial charge in [0.1, 0.15) is 10.6 Å². The molecule has 0 radical (unpaired) electrons. The Balaban J connectivity index is 1.99. The van der Waals surface area contributed by atoms with E-state index in [0.717, 1.165) is 47.1 Å². The monoisotopic (exact) mass is 356 g/mol. The van der Waals surface area contributed by atoms with Gasteiger partial charge in [0.15, 0.2) is 0 Å². The lowest BCUT2D eigenvalue weighted by Gasteiger charge is -2.12. The van der Waals surface area contributed by atoms with Crippen molar-refractivity contribution < 1.29 is 13.2 Å². The second-order valence-electron chi connectivity index (χ2n) is 6.35. The third-order valence-electron chi connectivity index (χ3n) is 4.70. The molecule has 0 saturated carbocycles. The van der Waals surface area contributed by atoms with Crippen LogP contribution in [0.15, 0.2) is 47.5 Å². The Morgan fingerprint density at radius 3 is 2.80 bits per heavy atom. The minimum atomic E-state index is -3.74. The lowest BCUT2D eigenvalue weighted by atomic mass is 10.1. The van der Waals surface area contributed by atoms with Gasteiger partial charge in [-0.25, -0.2) is 12.4 Å². The molecule has 5 nitrogen and oxygen atoms in total. The summed E-state index contributed by atoms with van der Waals surface area (Å²) >= 11 is 0. The number of benzene rings is 2. The summed E-state index contributed by atoms with van der Waals surface area (Å²) in [5.74, 6) is 0.369. The van der Waals surface area contributed by atoms with Crippen molar-refractivity contribution >= 4 is 20.9 Å². The lowest BCUT2D eigenvalue weighted by Crippen LogP contribution is -2.16. The van der Waals surface area contributed by atoms with E-state index < -0.39 is 10.0 Å². The van der Waals surface area contributed by atoms with Gasteiger partial charge >= 0.3 is 0 Å². The van der Waals surface area contributed by atoms with Crippen molar-refractivity contribution in [2.24, 2.45) is 0 Å². The summed E-state index contributed by atoms with van der Waals surface area (Å²) < 4.78 is 33.4. The smallest absolute Gasteiger partial charge is 0.271 e. The molecule has 2 heterocycles. The van der Waals surface area contributed by atoms with Crippen LogP contribution < -0.4 is 10.1 Å². The molecule has 0 unspecified atom stereocenters. The van der Waals surface area contributed by atoms with Crippen LogP contribution in [-0.2, 0) is 23.0 Å². The van der Waals surface area contributed by atoms with E-state index >= 15 is 0 Å². The zero-order chi connectivity index (χ0) is 17.6. The highest BCUT2D eigenvalue weighted by molar-refractivity contribution is 7.90. The minimum Gasteiger partial charge on any atom is -0.495 e. The van der Waals surface area contributed by atoms with E-state index in [1.165, 1.54) is 11.1 Å². The molecule has 25 heavy (non-hydrogen) atoms. The van der Waals surface area contributed by atoms with Crippen LogP contribution in [0.3, 0.4) is 0 Å². The van der Waals surface area contributed by atoms with Crippen LogP contribution in [-0.4, -0.2) is 26.0 Å². The van der Waals surface area contributed by atoms with Gasteiger partial charge in [-0.1, -0.05) is 18.2 Å². The van der Waals surface area contributed by atoms with Gasteiger partial charge in [-0.3, -0.25) is 0 Å². The number of rotatable bonds is 3. The lowest BCUT2D eigenvalue weighted by molar-refractivity contribution is 0.402. The van der Waals surface area contributed by atoms with Crippen LogP contribution in [0, 0.1) is 6.92 Å². The molecule has 130 valence electrons. The topological polar surface area (TPSA) is 60.3 Å². The number of aromatic nitrogens is 1. The maximum Gasteiger partial charge on any atom is 0.271 e. The molecule has 1 aliphatic heterocycles. The first-order valence-corrected chi connectivity index (χ1v) is 9.69. The molecular formula is C19H20N2O3S. The zero-order valence-corrected chi connectivity index (χ0v) is 15.1. The zero-order valence-electron chi connectivity index (χ0n) is 14.2. The fraction of sp³-hybridized carbons (Fsp3) is 0.263. The Bertz CT molecular complexity index is 1070. The van der Waals surface area contributed by atoms with E-state index in [1.807, 2.05) is 25.1 Å². The van der Waals surface area contributed by atoms with E-state index in [4.69, 9.17) is 4.74 Å². The fourth-order valence-corrected chi connectivity index (χ4v) is 5.02. The van der Waals surface area contributed by atoms with Crippen LogP contribution in [0.5, 0.6) is 5.75 Å². The Kier molecular flexibility index (Phi) is 3.81. The Morgan fingerprint density at radius 1 is 1.16 bits per heavy atom. The van der Waals surface area contributed by atoms with Crippen molar-refractivity contribution in [3.05, 3.63) is 59.3 Å². The maximum absolute atomic E-state index is 13.4. The maximum atomic E-state index is 13.4. The van der Waals surface area contributed by atoms with Crippen molar-refractivity contribution in [2.75, 3.05) is 13.7 Å². The molecule has 6 heteroatoms. The molecule has 0 spiro atoms. The summed E-state index contributed by atoms with van der Waals surface area (Å²) in [5, 5.41) is 4.42. The number of hydrogen-bond acceptors (Lipinski definition) is 4. The number of nitrogens with zero attached hydrogens (tertiary/aromatic N) is 1. The van der Waals surface area contributed by atoms with Crippen LogP contribution in [0.4, 0.5) is 0 Å². The van der Waals surface area contributed by atoms with Crippen molar-refractivity contribution in [1.82, 2.24) is 9.29 Å². The average Bonchev–Trinajstić information content (AvgIpc) is 2.85. The number of hydrogen-bond donors (Lipinski definition) is 1. The normalized spacial score (nSPS) is 14.5. The van der Waals surface area contributed by atoms with Crippen LogP contribution in [0.1, 0.15) is 16.7 Å². The molecule has 1 N–H and O–H groups in total. The Labute approximate surface area is 147 Å². The van der Waals surface area contributed by atoms with Crippen LogP contribution in [0.25, 0.3) is 10.9 Å². The molecule has 1 aliphatic rings. The SMILES string of the molecule is COc1cc(C)ccc1S(=O)(=O)n1cc2c3c(cccc31)CNCC2. The van der Waals surface area contributed by atoms with E-state index in [2.05, 4.69) is 5.32 Å². The molecule has 0 saturated heterocycles. The molecule has 2 aromatic carbocycles. The molecular weight excluding hydrogens is 336 g/mol. The van der Waals surface area contributed by atoms with Gasteiger partial charge in [-0.2, -0.15) is 0 Å². The largest absolute Gasteiger partial charge is 0.495 e. The van der Waals surface area contributed by atoms with Crippen molar-refractivity contribution in [3.8, 4) is 5.75 Å². The number of ether oxygens (including phenoxy) is 1. The summed E-state index contributed by atoms with van der Waals surface area (Å²) in [6.07, 6.45) is 2.57. The Hall–Kier alpha value is -2.31. The van der Waals surface area contributed by atoms with Gasteiger partial charge in [0.2, 0.25) is 0 Å². The van der Waals surface area contributed by atoms with Crippen molar-refractivity contribution in [1.29, 1.82) is 0 Å². The first-order valence-electron chi connectivity index (χ1n) is 8.25. The van der Waals surface area contributed by atoms with E-state index in [9.17, 15) is 8.42 Å². The molecule has 0 fully saturated rings. The third kappa shape index (κ3) is 2.53. The Morgan fingerprint density at radius 2 is 2.00 bits per heavy atom. The molecule has 4 rings (SSSR count). The second-order valence-corrected chi connectivity index (χ2v) is 8.13. The predicted octanol–water partition coefficient (Wildman–Crippen LogP) is 2.84. The van der Waals surface area contributed by atoms with Crippen molar-refractivity contribution in [3.63, 3.8) is 0 Å². The number of nitrogens with one attached hydrogen (secondary N) is 1. The van der Waals surface area contributed by atoms with Gasteiger partial charge in [-0.05, 0) is 54.8 Å². The highest BCUT2D eigenvalue weighted by atomic mass is 32.2. The van der Waals surface area contributed by atoms with Crippen LogP contribution in [0.2, 0.25) is 0 Å². The summed E-state index contributed by atoms with van der Waals surface area (Å²) in [6, 6.07) is 11.0. The third-order valence-corrected chi connectivity index (χ3v) is 6.42. The summed E-state index contributed by atoms with van der Waals surface area (Å²) in [6.45, 7) is 3.50. The number of methoxy groups -OCH3 is 1. The van der Waals surface area contributed by atoms with Gasteiger partial charge in [0.05, 0.1) is 12.6 Å². The van der Waals surface area contributed by atoms with Crippen LogP contribution >= 0.6 is 0 Å². The highest BCUT2D eigenvalue weighted by Gasteiger charge is 2.26. The summed E-state index contributed by atoms with van der Waals surface area (Å²) in [5.41, 5.74) is 3.87. The molecule has 0 aliphatic carbocycles. The molecule has 0 amide bonds. The highest BCUT2D eigenvalue weighted by Crippen LogP contribution is 2.33. The molecule has 1 aromatic heterocycles. The molecule has 0 atom stereocenters. The van der Waals surface area contributed by atoms with Gasteiger partial charge < -0.3 is 10.1 Å². The summed E-state index contributed by atoms with van der Waals surface area (Å²) in [7, 11) is -2.25. The standard InChI is InChI=1S/C19H20N2O3S/c1-13-6-7-18(17(10-13)24-2)25(22,23)21-12-15-8-9-20-11-14-4-3-5-16(21)19(14)15/h3-7,10,12,20H,8-9,11H2,1-2H3. The van der Waals surface area contributed by atoms with E-state index in [0.29, 0.717) is 5.75 Å². The minimum absolute atomic E-state index is 0.185. The molecule has 3 aromatic rings. The van der Waals surface area contributed by atoms with Crippen molar-refractivity contribution in [2.45, 2.75) is 24.8 Å². The first kappa shape index (κ1) is 16.2. The van der Waals surface area contributed by atoms with Gasteiger partial charge in [0, 0.05) is 18.1 Å². The molecule has 0 bridgehead atoms. The quantitative estimate of drug-likeness (QED) is 0.784. The first-order chi connectivity index (χ1) is 12.0. The van der Waals surface area contributed by atoms with Gasteiger partial charge in [0.25, 0.3) is 10.0 Å². The summed E-state index contributed by atoms with van der Waals surface area (Å²) in [4.78, 5) is 0.185.